The third kappa shape index (κ3) is 4.03. The highest BCUT2D eigenvalue weighted by atomic mass is 19.1. The van der Waals surface area contributed by atoms with Gasteiger partial charge in [-0.1, -0.05) is 0 Å². The number of hydrogen-bond acceptors (Lipinski definition) is 5. The molecule has 0 aliphatic carbocycles. The monoisotopic (exact) mass is 294 g/mol. The van der Waals surface area contributed by atoms with Crippen molar-refractivity contribution in [2.45, 2.75) is 6.42 Å². The average Bonchev–Trinajstić information content (AvgIpc) is 2.49. The summed E-state index contributed by atoms with van der Waals surface area (Å²) in [4.78, 5) is 4.15. The first kappa shape index (κ1) is 15.5. The number of nitrogens with two attached hydrogens (primary N) is 1. The normalized spacial score (nSPS) is 11.0. The molecule has 0 aliphatic rings. The Morgan fingerprint density at radius 2 is 2.10 bits per heavy atom. The van der Waals surface area contributed by atoms with Crippen LogP contribution in [0.4, 0.5) is 10.1 Å². The highest BCUT2D eigenvalue weighted by molar-refractivity contribution is 5.94. The van der Waals surface area contributed by atoms with Gasteiger partial charge in [-0.25, -0.2) is 4.39 Å². The Balaban J connectivity index is 1.96. The van der Waals surface area contributed by atoms with E-state index in [0.29, 0.717) is 49.4 Å². The van der Waals surface area contributed by atoms with Crippen molar-refractivity contribution in [1.29, 1.82) is 0 Å². The second kappa shape index (κ2) is 7.75. The van der Waals surface area contributed by atoms with E-state index in [1.165, 1.54) is 6.07 Å². The van der Waals surface area contributed by atoms with Gasteiger partial charge in [-0.3, -0.25) is 4.98 Å². The molecule has 0 fully saturated rings. The van der Waals surface area contributed by atoms with Crippen LogP contribution in [-0.2, 0) is 9.47 Å². The lowest BCUT2D eigenvalue weighted by Crippen LogP contribution is -2.08. The number of ether oxygens (including phenoxy) is 3. The van der Waals surface area contributed by atoms with Gasteiger partial charge in [0.05, 0.1) is 19.8 Å². The van der Waals surface area contributed by atoms with Crippen molar-refractivity contribution in [3.63, 3.8) is 0 Å². The van der Waals surface area contributed by atoms with Gasteiger partial charge in [-0.2, -0.15) is 0 Å². The van der Waals surface area contributed by atoms with Gasteiger partial charge in [0.1, 0.15) is 5.52 Å². The molecule has 0 spiro atoms. The third-order valence-corrected chi connectivity index (χ3v) is 2.94. The zero-order valence-electron chi connectivity index (χ0n) is 12.0. The van der Waals surface area contributed by atoms with Crippen LogP contribution in [0.3, 0.4) is 0 Å². The summed E-state index contributed by atoms with van der Waals surface area (Å²) in [6, 6.07) is 4.80. The summed E-state index contributed by atoms with van der Waals surface area (Å²) in [5.74, 6) is -0.365. The van der Waals surface area contributed by atoms with E-state index >= 15 is 0 Å². The van der Waals surface area contributed by atoms with Gasteiger partial charge in [0, 0.05) is 43.5 Å². The van der Waals surface area contributed by atoms with Crippen LogP contribution in [0, 0.1) is 5.82 Å². The molecular weight excluding hydrogens is 275 g/mol. The van der Waals surface area contributed by atoms with Crippen LogP contribution in [0.5, 0.6) is 5.75 Å². The summed E-state index contributed by atoms with van der Waals surface area (Å²) in [6.07, 6.45) is 2.24. The molecule has 0 atom stereocenters. The highest BCUT2D eigenvalue weighted by Crippen LogP contribution is 2.31. The molecule has 0 bridgehead atoms. The molecule has 1 heterocycles. The Bertz CT molecular complexity index is 592. The standard InChI is InChI=1S/C15H19FN2O3/c1-19-8-9-20-6-3-7-21-15-12(16)10-13(17)11-4-2-5-18-14(11)15/h2,4-5,10H,3,6-9,17H2,1H3. The molecule has 0 amide bonds. The first-order chi connectivity index (χ1) is 10.2. The maximum Gasteiger partial charge on any atom is 0.181 e. The number of fused-ring (bicyclic) bond motifs is 1. The summed E-state index contributed by atoms with van der Waals surface area (Å²) in [7, 11) is 1.62. The number of methoxy groups -OCH3 is 1. The third-order valence-electron chi connectivity index (χ3n) is 2.94. The van der Waals surface area contributed by atoms with Crippen LogP contribution in [0.1, 0.15) is 6.42 Å². The predicted octanol–water partition coefficient (Wildman–Crippen LogP) is 2.39. The first-order valence-electron chi connectivity index (χ1n) is 6.76. The quantitative estimate of drug-likeness (QED) is 0.598. The van der Waals surface area contributed by atoms with Gasteiger partial charge in [-0.15, -0.1) is 0 Å². The second-order valence-corrected chi connectivity index (χ2v) is 4.48. The lowest BCUT2D eigenvalue weighted by atomic mass is 10.1. The molecule has 6 heteroatoms. The van der Waals surface area contributed by atoms with Crippen LogP contribution in [-0.4, -0.2) is 38.5 Å². The minimum atomic E-state index is -0.501. The second-order valence-electron chi connectivity index (χ2n) is 4.48. The van der Waals surface area contributed by atoms with E-state index in [2.05, 4.69) is 4.98 Å². The van der Waals surface area contributed by atoms with Crippen molar-refractivity contribution in [2.75, 3.05) is 39.3 Å². The molecule has 1 aromatic carbocycles. The van der Waals surface area contributed by atoms with Crippen LogP contribution in [0.2, 0.25) is 0 Å². The van der Waals surface area contributed by atoms with Crippen LogP contribution >= 0.6 is 0 Å². The molecule has 2 N–H and O–H groups in total. The van der Waals surface area contributed by atoms with Crippen molar-refractivity contribution in [2.24, 2.45) is 0 Å². The Morgan fingerprint density at radius 1 is 1.24 bits per heavy atom. The van der Waals surface area contributed by atoms with E-state index in [1.807, 2.05) is 0 Å². The van der Waals surface area contributed by atoms with E-state index in [4.69, 9.17) is 19.9 Å². The van der Waals surface area contributed by atoms with Gasteiger partial charge in [0.2, 0.25) is 0 Å². The SMILES string of the molecule is COCCOCCCOc1c(F)cc(N)c2cccnc12. The molecule has 2 aromatic rings. The van der Waals surface area contributed by atoms with Crippen LogP contribution in [0.25, 0.3) is 10.9 Å². The molecule has 5 nitrogen and oxygen atoms in total. The number of hydrogen-bond donors (Lipinski definition) is 1. The molecular formula is C15H19FN2O3. The summed E-state index contributed by atoms with van der Waals surface area (Å²) >= 11 is 0. The Morgan fingerprint density at radius 3 is 2.90 bits per heavy atom. The fraction of sp³-hybridized carbons (Fsp3) is 0.400. The van der Waals surface area contributed by atoms with Gasteiger partial charge >= 0.3 is 0 Å². The number of pyridine rings is 1. The maximum absolute atomic E-state index is 14.0. The highest BCUT2D eigenvalue weighted by Gasteiger charge is 2.12. The number of nitrogen functional groups attached to an aromatic ring is 1. The van der Waals surface area contributed by atoms with Crippen molar-refractivity contribution in [3.05, 3.63) is 30.2 Å². The lowest BCUT2D eigenvalue weighted by Gasteiger charge is -2.11. The van der Waals surface area contributed by atoms with Gasteiger partial charge < -0.3 is 19.9 Å². The molecule has 114 valence electrons. The molecule has 1 aromatic heterocycles. The maximum atomic E-state index is 14.0. The molecule has 0 aliphatic heterocycles. The van der Waals surface area contributed by atoms with E-state index < -0.39 is 5.82 Å². The largest absolute Gasteiger partial charge is 0.488 e. The van der Waals surface area contributed by atoms with E-state index in [9.17, 15) is 4.39 Å². The zero-order valence-corrected chi connectivity index (χ0v) is 12.0. The first-order valence-corrected chi connectivity index (χ1v) is 6.76. The molecule has 0 radical (unpaired) electrons. The number of benzene rings is 1. The van der Waals surface area contributed by atoms with Crippen molar-refractivity contribution in [3.8, 4) is 5.75 Å². The van der Waals surface area contributed by atoms with Crippen LogP contribution in [0.15, 0.2) is 24.4 Å². The number of halogens is 1. The molecule has 0 unspecified atom stereocenters. The van der Waals surface area contributed by atoms with Crippen molar-refractivity contribution >= 4 is 16.6 Å². The number of rotatable bonds is 8. The topological polar surface area (TPSA) is 66.6 Å². The Labute approximate surface area is 122 Å². The van der Waals surface area contributed by atoms with E-state index in [0.717, 1.165) is 0 Å². The summed E-state index contributed by atoms with van der Waals surface area (Å²) in [5, 5.41) is 0.685. The van der Waals surface area contributed by atoms with Gasteiger partial charge in [-0.05, 0) is 12.1 Å². The lowest BCUT2D eigenvalue weighted by molar-refractivity contribution is 0.0643. The zero-order chi connectivity index (χ0) is 15.1. The molecule has 0 saturated heterocycles. The van der Waals surface area contributed by atoms with E-state index in [-0.39, 0.29) is 5.75 Å². The number of aromatic nitrogens is 1. The van der Waals surface area contributed by atoms with Gasteiger partial charge in [0.25, 0.3) is 0 Å². The molecule has 0 saturated carbocycles. The van der Waals surface area contributed by atoms with Crippen molar-refractivity contribution in [1.82, 2.24) is 4.98 Å². The number of nitrogens with zero attached hydrogens (tertiary/aromatic N) is 1. The predicted molar refractivity (Wildman–Crippen MR) is 78.9 cm³/mol. The Hall–Kier alpha value is -1.92. The van der Waals surface area contributed by atoms with Crippen molar-refractivity contribution < 1.29 is 18.6 Å². The average molecular weight is 294 g/mol. The fourth-order valence-corrected chi connectivity index (χ4v) is 1.93. The fourth-order valence-electron chi connectivity index (χ4n) is 1.93. The molecule has 2 rings (SSSR count). The smallest absolute Gasteiger partial charge is 0.181 e. The minimum absolute atomic E-state index is 0.136. The van der Waals surface area contributed by atoms with Crippen LogP contribution < -0.4 is 10.5 Å². The number of anilines is 1. The minimum Gasteiger partial charge on any atom is -0.488 e. The summed E-state index contributed by atoms with van der Waals surface area (Å²) in [5.41, 5.74) is 6.57. The molecule has 21 heavy (non-hydrogen) atoms. The summed E-state index contributed by atoms with van der Waals surface area (Å²) in [6.45, 7) is 1.98. The van der Waals surface area contributed by atoms with E-state index in [1.54, 1.807) is 25.4 Å². The summed E-state index contributed by atoms with van der Waals surface area (Å²) < 4.78 is 29.7. The Kier molecular flexibility index (Phi) is 5.71. The van der Waals surface area contributed by atoms with Gasteiger partial charge in [0.15, 0.2) is 11.6 Å².